The van der Waals surface area contributed by atoms with Crippen LogP contribution in [0.25, 0.3) is 0 Å². The number of halogens is 1. The molecule has 1 aliphatic rings. The minimum Gasteiger partial charge on any atom is -0.355 e. The molecule has 2 aromatic rings. The van der Waals surface area contributed by atoms with Gasteiger partial charge in [0.2, 0.25) is 11.8 Å². The first-order valence-corrected chi connectivity index (χ1v) is 9.73. The van der Waals surface area contributed by atoms with Crippen LogP contribution in [0, 0.1) is 5.41 Å². The van der Waals surface area contributed by atoms with E-state index in [9.17, 15) is 9.59 Å². The van der Waals surface area contributed by atoms with Crippen molar-refractivity contribution in [3.05, 3.63) is 64.7 Å². The quantitative estimate of drug-likeness (QED) is 0.688. The Balaban J connectivity index is 1.58. The SMILES string of the molecule is CC(C)c1ccccc1NC(=O)C1(C(=O)NCCc2ccc(Cl)cc2)CC1. The van der Waals surface area contributed by atoms with Gasteiger partial charge in [0, 0.05) is 17.3 Å². The van der Waals surface area contributed by atoms with Crippen LogP contribution in [0.5, 0.6) is 0 Å². The monoisotopic (exact) mass is 384 g/mol. The Bertz CT molecular complexity index is 826. The number of hydrogen-bond acceptors (Lipinski definition) is 2. The molecule has 4 nitrogen and oxygen atoms in total. The minimum atomic E-state index is -0.927. The zero-order valence-corrected chi connectivity index (χ0v) is 16.5. The third-order valence-corrected chi connectivity index (χ3v) is 5.31. The number of amides is 2. The number of carbonyl (C=O) groups is 2. The van der Waals surface area contributed by atoms with Crippen molar-refractivity contribution < 1.29 is 9.59 Å². The molecule has 0 spiro atoms. The second kappa shape index (κ2) is 8.13. The molecule has 0 radical (unpaired) electrons. The van der Waals surface area contributed by atoms with Gasteiger partial charge in [-0.25, -0.2) is 0 Å². The van der Waals surface area contributed by atoms with Gasteiger partial charge in [-0.05, 0) is 54.5 Å². The highest BCUT2D eigenvalue weighted by Gasteiger charge is 2.56. The van der Waals surface area contributed by atoms with Crippen LogP contribution in [0.4, 0.5) is 5.69 Å². The summed E-state index contributed by atoms with van der Waals surface area (Å²) < 4.78 is 0. The second-order valence-corrected chi connectivity index (χ2v) is 7.85. The van der Waals surface area contributed by atoms with Crippen molar-refractivity contribution in [2.45, 2.75) is 39.0 Å². The average molecular weight is 385 g/mol. The van der Waals surface area contributed by atoms with Gasteiger partial charge < -0.3 is 10.6 Å². The van der Waals surface area contributed by atoms with Crippen LogP contribution >= 0.6 is 11.6 Å². The maximum Gasteiger partial charge on any atom is 0.240 e. The molecule has 1 aliphatic carbocycles. The Morgan fingerprint density at radius 2 is 1.70 bits per heavy atom. The summed E-state index contributed by atoms with van der Waals surface area (Å²) in [6.07, 6.45) is 1.89. The predicted octanol–water partition coefficient (Wildman–Crippen LogP) is 4.54. The van der Waals surface area contributed by atoms with E-state index in [1.807, 2.05) is 48.5 Å². The molecule has 142 valence electrons. The van der Waals surface area contributed by atoms with Crippen molar-refractivity contribution in [2.24, 2.45) is 5.41 Å². The van der Waals surface area contributed by atoms with Crippen molar-refractivity contribution in [3.8, 4) is 0 Å². The highest BCUT2D eigenvalue weighted by atomic mass is 35.5. The van der Waals surface area contributed by atoms with E-state index in [0.717, 1.165) is 16.8 Å². The van der Waals surface area contributed by atoms with Crippen LogP contribution in [-0.4, -0.2) is 18.4 Å². The lowest BCUT2D eigenvalue weighted by Crippen LogP contribution is -2.40. The summed E-state index contributed by atoms with van der Waals surface area (Å²) in [6.45, 7) is 4.67. The molecule has 0 aliphatic heterocycles. The molecule has 0 bridgehead atoms. The summed E-state index contributed by atoms with van der Waals surface area (Å²) in [5.41, 5.74) is 2.03. The van der Waals surface area contributed by atoms with Gasteiger partial charge in [0.05, 0.1) is 0 Å². The molecule has 0 unspecified atom stereocenters. The first-order valence-electron chi connectivity index (χ1n) is 9.35. The average Bonchev–Trinajstić information content (AvgIpc) is 3.45. The lowest BCUT2D eigenvalue weighted by molar-refractivity contribution is -0.134. The van der Waals surface area contributed by atoms with Crippen molar-refractivity contribution in [2.75, 3.05) is 11.9 Å². The van der Waals surface area contributed by atoms with Gasteiger partial charge in [0.1, 0.15) is 5.41 Å². The molecule has 0 atom stereocenters. The number of para-hydroxylation sites is 1. The molecular formula is C22H25ClN2O2. The van der Waals surface area contributed by atoms with E-state index in [0.29, 0.717) is 36.7 Å². The number of hydrogen-bond donors (Lipinski definition) is 2. The van der Waals surface area contributed by atoms with Crippen LogP contribution in [0.2, 0.25) is 5.02 Å². The first-order chi connectivity index (χ1) is 12.9. The summed E-state index contributed by atoms with van der Waals surface area (Å²) in [5, 5.41) is 6.59. The van der Waals surface area contributed by atoms with Crippen LogP contribution in [0.1, 0.15) is 43.7 Å². The fourth-order valence-corrected chi connectivity index (χ4v) is 3.31. The van der Waals surface area contributed by atoms with Gasteiger partial charge in [-0.15, -0.1) is 0 Å². The van der Waals surface area contributed by atoms with Crippen LogP contribution in [0.3, 0.4) is 0 Å². The summed E-state index contributed by atoms with van der Waals surface area (Å²) in [4.78, 5) is 25.4. The summed E-state index contributed by atoms with van der Waals surface area (Å²) in [5.74, 6) is -0.0968. The Hall–Kier alpha value is -2.33. The van der Waals surface area contributed by atoms with Crippen molar-refractivity contribution in [1.29, 1.82) is 0 Å². The normalized spacial score (nSPS) is 14.7. The van der Waals surface area contributed by atoms with Gasteiger partial charge in [-0.1, -0.05) is 55.8 Å². The van der Waals surface area contributed by atoms with Gasteiger partial charge in [-0.3, -0.25) is 9.59 Å². The maximum atomic E-state index is 12.8. The molecule has 0 aromatic heterocycles. The van der Waals surface area contributed by atoms with E-state index >= 15 is 0 Å². The Morgan fingerprint density at radius 3 is 2.33 bits per heavy atom. The topological polar surface area (TPSA) is 58.2 Å². The fourth-order valence-electron chi connectivity index (χ4n) is 3.18. The zero-order chi connectivity index (χ0) is 19.4. The highest BCUT2D eigenvalue weighted by molar-refractivity contribution is 6.30. The van der Waals surface area contributed by atoms with E-state index in [1.165, 1.54) is 0 Å². The molecule has 1 fully saturated rings. The number of benzene rings is 2. The van der Waals surface area contributed by atoms with Crippen LogP contribution in [0.15, 0.2) is 48.5 Å². The molecule has 0 heterocycles. The first kappa shape index (κ1) is 19.4. The molecular weight excluding hydrogens is 360 g/mol. The van der Waals surface area contributed by atoms with Gasteiger partial charge in [-0.2, -0.15) is 0 Å². The zero-order valence-electron chi connectivity index (χ0n) is 15.7. The molecule has 3 rings (SSSR count). The van der Waals surface area contributed by atoms with Gasteiger partial charge >= 0.3 is 0 Å². The third-order valence-electron chi connectivity index (χ3n) is 5.06. The number of anilines is 1. The lowest BCUT2D eigenvalue weighted by Gasteiger charge is -2.18. The Morgan fingerprint density at radius 1 is 1.04 bits per heavy atom. The summed E-state index contributed by atoms with van der Waals surface area (Å²) in [7, 11) is 0. The van der Waals surface area contributed by atoms with Crippen molar-refractivity contribution >= 4 is 29.1 Å². The molecule has 2 amide bonds. The standard InChI is InChI=1S/C22H25ClN2O2/c1-15(2)18-5-3-4-6-19(18)25-21(27)22(12-13-22)20(26)24-14-11-16-7-9-17(23)10-8-16/h3-10,15H,11-14H2,1-2H3,(H,24,26)(H,25,27). The molecule has 27 heavy (non-hydrogen) atoms. The molecule has 0 saturated heterocycles. The van der Waals surface area contributed by atoms with Crippen molar-refractivity contribution in [3.63, 3.8) is 0 Å². The van der Waals surface area contributed by atoms with Crippen LogP contribution in [-0.2, 0) is 16.0 Å². The molecule has 1 saturated carbocycles. The van der Waals surface area contributed by atoms with E-state index in [4.69, 9.17) is 11.6 Å². The van der Waals surface area contributed by atoms with Crippen molar-refractivity contribution in [1.82, 2.24) is 5.32 Å². The third kappa shape index (κ3) is 4.51. The number of carbonyl (C=O) groups excluding carboxylic acids is 2. The second-order valence-electron chi connectivity index (χ2n) is 7.41. The molecule has 2 N–H and O–H groups in total. The highest BCUT2D eigenvalue weighted by Crippen LogP contribution is 2.47. The van der Waals surface area contributed by atoms with Gasteiger partial charge in [0.25, 0.3) is 0 Å². The van der Waals surface area contributed by atoms with E-state index in [-0.39, 0.29) is 11.8 Å². The lowest BCUT2D eigenvalue weighted by atomic mass is 9.99. The van der Waals surface area contributed by atoms with E-state index in [2.05, 4.69) is 24.5 Å². The van der Waals surface area contributed by atoms with E-state index < -0.39 is 5.41 Å². The molecule has 5 heteroatoms. The minimum absolute atomic E-state index is 0.184. The van der Waals surface area contributed by atoms with Gasteiger partial charge in [0.15, 0.2) is 0 Å². The molecule has 2 aromatic carbocycles. The Labute approximate surface area is 165 Å². The Kier molecular flexibility index (Phi) is 5.85. The largest absolute Gasteiger partial charge is 0.355 e. The summed E-state index contributed by atoms with van der Waals surface area (Å²) in [6, 6.07) is 15.3. The number of rotatable bonds is 7. The van der Waals surface area contributed by atoms with Crippen LogP contribution < -0.4 is 10.6 Å². The maximum absolute atomic E-state index is 12.8. The predicted molar refractivity (Wildman–Crippen MR) is 109 cm³/mol. The van der Waals surface area contributed by atoms with E-state index in [1.54, 1.807) is 0 Å². The smallest absolute Gasteiger partial charge is 0.240 e. The summed E-state index contributed by atoms with van der Waals surface area (Å²) >= 11 is 5.88. The number of nitrogens with one attached hydrogen (secondary N) is 2. The fraction of sp³-hybridized carbons (Fsp3) is 0.364.